The third kappa shape index (κ3) is 2.79. The molecule has 1 aliphatic rings. The predicted octanol–water partition coefficient (Wildman–Crippen LogP) is 3.25. The number of carbonyl (C=O) groups excluding carboxylic acids is 1. The van der Waals surface area contributed by atoms with E-state index in [2.05, 4.69) is 11.4 Å². The van der Waals surface area contributed by atoms with Gasteiger partial charge >= 0.3 is 0 Å². The third-order valence-corrected chi connectivity index (χ3v) is 4.39. The van der Waals surface area contributed by atoms with Crippen molar-refractivity contribution in [2.45, 2.75) is 18.3 Å². The number of methoxy groups -OCH3 is 2. The van der Waals surface area contributed by atoms with E-state index in [0.717, 1.165) is 18.4 Å². The minimum absolute atomic E-state index is 0.0422. The molecule has 24 heavy (non-hydrogen) atoms. The molecule has 5 nitrogen and oxygen atoms in total. The Morgan fingerprint density at radius 2 is 1.75 bits per heavy atom. The van der Waals surface area contributed by atoms with Crippen molar-refractivity contribution in [1.29, 1.82) is 5.26 Å². The van der Waals surface area contributed by atoms with Crippen LogP contribution >= 0.6 is 0 Å². The number of rotatable bonds is 5. The van der Waals surface area contributed by atoms with E-state index >= 15 is 0 Å². The largest absolute Gasteiger partial charge is 0.493 e. The van der Waals surface area contributed by atoms with Crippen molar-refractivity contribution < 1.29 is 14.3 Å². The molecule has 0 spiro atoms. The Hall–Kier alpha value is -3.00. The highest BCUT2D eigenvalue weighted by Crippen LogP contribution is 2.50. The van der Waals surface area contributed by atoms with E-state index < -0.39 is 5.41 Å². The van der Waals surface area contributed by atoms with Crippen molar-refractivity contribution in [3.8, 4) is 17.6 Å². The maximum Gasteiger partial charge on any atom is 0.235 e. The lowest BCUT2D eigenvalue weighted by Gasteiger charge is -2.18. The van der Waals surface area contributed by atoms with E-state index in [4.69, 9.17) is 14.7 Å². The van der Waals surface area contributed by atoms with Gasteiger partial charge in [0.15, 0.2) is 11.5 Å². The topological polar surface area (TPSA) is 71.3 Å². The summed E-state index contributed by atoms with van der Waals surface area (Å²) >= 11 is 0. The monoisotopic (exact) mass is 322 g/mol. The summed E-state index contributed by atoms with van der Waals surface area (Å²) in [5.74, 6) is 1.22. The quantitative estimate of drug-likeness (QED) is 0.917. The van der Waals surface area contributed by atoms with E-state index in [1.54, 1.807) is 38.5 Å². The molecule has 1 amide bonds. The summed E-state index contributed by atoms with van der Waals surface area (Å²) in [6.45, 7) is 0. The first-order valence-corrected chi connectivity index (χ1v) is 7.67. The minimum Gasteiger partial charge on any atom is -0.493 e. The highest BCUT2D eigenvalue weighted by Gasteiger charge is 2.51. The molecule has 0 heterocycles. The number of benzene rings is 2. The molecule has 0 unspecified atom stereocenters. The fourth-order valence-electron chi connectivity index (χ4n) is 2.78. The van der Waals surface area contributed by atoms with Crippen LogP contribution in [-0.4, -0.2) is 20.1 Å². The smallest absolute Gasteiger partial charge is 0.235 e. The number of nitrogens with one attached hydrogen (secondary N) is 1. The zero-order valence-corrected chi connectivity index (χ0v) is 13.6. The van der Waals surface area contributed by atoms with Gasteiger partial charge in [0.25, 0.3) is 0 Å². The maximum atomic E-state index is 12.8. The number of hydrogen-bond donors (Lipinski definition) is 1. The summed E-state index contributed by atoms with van der Waals surface area (Å²) in [4.78, 5) is 12.8. The standard InChI is InChI=1S/C19H18N2O3/c1-23-16-8-5-14(11-17(16)24-2)19(9-10-19)18(22)21-15-6-3-13(12-20)4-7-15/h3-8,11H,9-10H2,1-2H3,(H,21,22). The van der Waals surface area contributed by atoms with Crippen molar-refractivity contribution in [1.82, 2.24) is 0 Å². The predicted molar refractivity (Wildman–Crippen MR) is 90.2 cm³/mol. The molecule has 3 rings (SSSR count). The van der Waals surface area contributed by atoms with Crippen LogP contribution in [0.15, 0.2) is 42.5 Å². The second-order valence-electron chi connectivity index (χ2n) is 5.80. The van der Waals surface area contributed by atoms with Gasteiger partial charge in [0.2, 0.25) is 5.91 Å². The number of anilines is 1. The summed E-state index contributed by atoms with van der Waals surface area (Å²) in [6, 6.07) is 14.5. The number of hydrogen-bond acceptors (Lipinski definition) is 4. The Kier molecular flexibility index (Phi) is 4.13. The van der Waals surface area contributed by atoms with E-state index in [1.165, 1.54) is 0 Å². The zero-order chi connectivity index (χ0) is 17.2. The average molecular weight is 322 g/mol. The highest BCUT2D eigenvalue weighted by molar-refractivity contribution is 6.01. The van der Waals surface area contributed by atoms with Gasteiger partial charge in [-0.25, -0.2) is 0 Å². The molecule has 0 aromatic heterocycles. The van der Waals surface area contributed by atoms with Crippen LogP contribution in [0.4, 0.5) is 5.69 Å². The summed E-state index contributed by atoms with van der Waals surface area (Å²) in [6.07, 6.45) is 1.59. The van der Waals surface area contributed by atoms with Gasteiger partial charge in [-0.05, 0) is 54.8 Å². The lowest BCUT2D eigenvalue weighted by molar-refractivity contribution is -0.118. The molecule has 0 saturated heterocycles. The molecule has 2 aromatic rings. The van der Waals surface area contributed by atoms with Crippen molar-refractivity contribution in [3.05, 3.63) is 53.6 Å². The summed E-state index contributed by atoms with van der Waals surface area (Å²) in [5.41, 5.74) is 1.65. The lowest BCUT2D eigenvalue weighted by Crippen LogP contribution is -2.27. The van der Waals surface area contributed by atoms with Crippen molar-refractivity contribution in [3.63, 3.8) is 0 Å². The number of carbonyl (C=O) groups is 1. The Bertz CT molecular complexity index is 802. The molecule has 0 bridgehead atoms. The molecule has 0 radical (unpaired) electrons. The molecule has 0 atom stereocenters. The number of ether oxygens (including phenoxy) is 2. The molecule has 122 valence electrons. The van der Waals surface area contributed by atoms with Crippen molar-refractivity contribution in [2.75, 3.05) is 19.5 Å². The maximum absolute atomic E-state index is 12.8. The minimum atomic E-state index is -0.520. The second kappa shape index (κ2) is 6.25. The number of nitriles is 1. The van der Waals surface area contributed by atoms with Crippen LogP contribution < -0.4 is 14.8 Å². The zero-order valence-electron chi connectivity index (χ0n) is 13.6. The van der Waals surface area contributed by atoms with Gasteiger partial charge in [-0.3, -0.25) is 4.79 Å². The molecule has 0 aliphatic heterocycles. The van der Waals surface area contributed by atoms with Crippen LogP contribution in [0.5, 0.6) is 11.5 Å². The Morgan fingerprint density at radius 3 is 2.29 bits per heavy atom. The van der Waals surface area contributed by atoms with E-state index in [0.29, 0.717) is 22.7 Å². The van der Waals surface area contributed by atoms with Crippen molar-refractivity contribution >= 4 is 11.6 Å². The van der Waals surface area contributed by atoms with E-state index in [-0.39, 0.29) is 5.91 Å². The molecular formula is C19H18N2O3. The second-order valence-corrected chi connectivity index (χ2v) is 5.80. The molecule has 5 heteroatoms. The molecule has 2 aromatic carbocycles. The summed E-state index contributed by atoms with van der Waals surface area (Å²) in [5, 5.41) is 11.8. The average Bonchev–Trinajstić information content (AvgIpc) is 3.43. The number of nitrogens with zero attached hydrogens (tertiary/aromatic N) is 1. The van der Waals surface area contributed by atoms with Gasteiger partial charge in [0.1, 0.15) is 0 Å². The Balaban J connectivity index is 1.82. The van der Waals surface area contributed by atoms with Crippen LogP contribution in [0.2, 0.25) is 0 Å². The van der Waals surface area contributed by atoms with Gasteiger partial charge in [0.05, 0.1) is 31.3 Å². The molecule has 1 saturated carbocycles. The van der Waals surface area contributed by atoms with Crippen LogP contribution in [0.3, 0.4) is 0 Å². The third-order valence-electron chi connectivity index (χ3n) is 4.39. The molecule has 1 N–H and O–H groups in total. The fraction of sp³-hybridized carbons (Fsp3) is 0.263. The SMILES string of the molecule is COc1ccc(C2(C(=O)Nc3ccc(C#N)cc3)CC2)cc1OC. The van der Waals surface area contributed by atoms with E-state index in [9.17, 15) is 4.79 Å². The molecular weight excluding hydrogens is 304 g/mol. The first-order valence-electron chi connectivity index (χ1n) is 7.67. The van der Waals surface area contributed by atoms with Gasteiger partial charge in [-0.2, -0.15) is 5.26 Å². The normalized spacial score (nSPS) is 14.4. The van der Waals surface area contributed by atoms with Crippen molar-refractivity contribution in [2.24, 2.45) is 0 Å². The van der Waals surface area contributed by atoms with E-state index in [1.807, 2.05) is 18.2 Å². The first-order chi connectivity index (χ1) is 11.6. The fourth-order valence-corrected chi connectivity index (χ4v) is 2.78. The Labute approximate surface area is 140 Å². The van der Waals surface area contributed by atoms with Crippen LogP contribution in [0.25, 0.3) is 0 Å². The Morgan fingerprint density at radius 1 is 1.08 bits per heavy atom. The van der Waals surface area contributed by atoms with Gasteiger partial charge in [-0.1, -0.05) is 6.07 Å². The van der Waals surface area contributed by atoms with Crippen LogP contribution in [0.1, 0.15) is 24.0 Å². The van der Waals surface area contributed by atoms with Gasteiger partial charge in [0, 0.05) is 5.69 Å². The lowest BCUT2D eigenvalue weighted by atomic mass is 9.94. The van der Waals surface area contributed by atoms with Crippen LogP contribution in [-0.2, 0) is 10.2 Å². The summed E-state index contributed by atoms with van der Waals surface area (Å²) < 4.78 is 10.6. The van der Waals surface area contributed by atoms with Crippen LogP contribution in [0, 0.1) is 11.3 Å². The first kappa shape index (κ1) is 15.9. The highest BCUT2D eigenvalue weighted by atomic mass is 16.5. The number of amides is 1. The molecule has 1 aliphatic carbocycles. The molecule has 1 fully saturated rings. The van der Waals surface area contributed by atoms with Gasteiger partial charge < -0.3 is 14.8 Å². The van der Waals surface area contributed by atoms with Gasteiger partial charge in [-0.15, -0.1) is 0 Å². The summed E-state index contributed by atoms with van der Waals surface area (Å²) in [7, 11) is 3.17.